The average molecular weight is 327 g/mol. The minimum atomic E-state index is -1.09. The Morgan fingerprint density at radius 2 is 1.92 bits per heavy atom. The molecule has 5 heteroatoms. The van der Waals surface area contributed by atoms with Gasteiger partial charge in [0.05, 0.1) is 13.4 Å². The maximum atomic E-state index is 11.5. The lowest BCUT2D eigenvalue weighted by molar-refractivity contribution is -0.130. The van der Waals surface area contributed by atoms with Crippen LogP contribution in [0.1, 0.15) is 31.9 Å². The van der Waals surface area contributed by atoms with Crippen LogP contribution in [0.2, 0.25) is 0 Å². The van der Waals surface area contributed by atoms with Gasteiger partial charge in [0.1, 0.15) is 11.3 Å². The molecule has 1 N–H and O–H groups in total. The van der Waals surface area contributed by atoms with E-state index in [1.54, 1.807) is 30.5 Å². The van der Waals surface area contributed by atoms with Crippen molar-refractivity contribution in [2.45, 2.75) is 26.2 Å². The quantitative estimate of drug-likeness (QED) is 0.657. The number of nitrogens with zero attached hydrogens (tertiary/aromatic N) is 1. The second kappa shape index (κ2) is 7.17. The highest BCUT2D eigenvalue weighted by molar-refractivity contribution is 6.15. The molecule has 0 spiro atoms. The second-order valence-corrected chi connectivity index (χ2v) is 6.30. The second-order valence-electron chi connectivity index (χ2n) is 6.30. The Balaban J connectivity index is 2.42. The molecule has 0 amide bonds. The number of rotatable bonds is 5. The van der Waals surface area contributed by atoms with Crippen LogP contribution in [0.5, 0.6) is 11.6 Å². The zero-order chi connectivity index (χ0) is 17.7. The molecular weight excluding hydrogens is 306 g/mol. The van der Waals surface area contributed by atoms with Crippen LogP contribution in [-0.4, -0.2) is 23.2 Å². The first-order valence-electron chi connectivity index (χ1n) is 7.53. The molecule has 126 valence electrons. The van der Waals surface area contributed by atoms with Crippen LogP contribution in [0.3, 0.4) is 0 Å². The van der Waals surface area contributed by atoms with Crippen molar-refractivity contribution < 1.29 is 19.4 Å². The molecule has 1 aromatic carbocycles. The zero-order valence-corrected chi connectivity index (χ0v) is 14.2. The van der Waals surface area contributed by atoms with Gasteiger partial charge in [-0.2, -0.15) is 0 Å². The number of aromatic nitrogens is 1. The number of carboxylic acids is 1. The molecule has 2 rings (SSSR count). The predicted octanol–water partition coefficient (Wildman–Crippen LogP) is 4.24. The van der Waals surface area contributed by atoms with E-state index in [9.17, 15) is 9.90 Å². The molecule has 1 heterocycles. The predicted molar refractivity (Wildman–Crippen MR) is 92.1 cm³/mol. The van der Waals surface area contributed by atoms with E-state index < -0.39 is 5.97 Å². The minimum absolute atomic E-state index is 0.0140. The molecule has 0 radical (unpaired) electrons. The van der Waals surface area contributed by atoms with Crippen molar-refractivity contribution in [1.82, 2.24) is 4.98 Å². The molecule has 0 saturated heterocycles. The van der Waals surface area contributed by atoms with E-state index in [1.807, 2.05) is 12.1 Å². The number of hydrogen-bond donors (Lipinski definition) is 1. The number of aliphatic carboxylic acids is 1. The first kappa shape index (κ1) is 17.5. The van der Waals surface area contributed by atoms with Crippen molar-refractivity contribution in [2.75, 3.05) is 7.11 Å². The lowest BCUT2D eigenvalue weighted by Gasteiger charge is -2.19. The van der Waals surface area contributed by atoms with Crippen LogP contribution in [0.25, 0.3) is 5.57 Å². The van der Waals surface area contributed by atoms with E-state index in [-0.39, 0.29) is 11.0 Å². The summed E-state index contributed by atoms with van der Waals surface area (Å²) < 4.78 is 10.7. The summed E-state index contributed by atoms with van der Waals surface area (Å²) in [6.07, 6.45) is 2.87. The summed E-state index contributed by atoms with van der Waals surface area (Å²) in [7, 11) is 1.40. The molecule has 24 heavy (non-hydrogen) atoms. The van der Waals surface area contributed by atoms with Gasteiger partial charge >= 0.3 is 5.97 Å². The molecule has 0 saturated carbocycles. The van der Waals surface area contributed by atoms with Gasteiger partial charge in [0.25, 0.3) is 0 Å². The molecule has 0 aliphatic carbocycles. The third-order valence-corrected chi connectivity index (χ3v) is 3.46. The fourth-order valence-corrected chi connectivity index (χ4v) is 2.17. The van der Waals surface area contributed by atoms with Gasteiger partial charge < -0.3 is 14.6 Å². The summed E-state index contributed by atoms with van der Waals surface area (Å²) in [5, 5.41) is 9.38. The third-order valence-electron chi connectivity index (χ3n) is 3.46. The van der Waals surface area contributed by atoms with Gasteiger partial charge in [0.15, 0.2) is 0 Å². The number of para-hydroxylation sites is 1. The van der Waals surface area contributed by atoms with Crippen LogP contribution in [0.4, 0.5) is 0 Å². The maximum absolute atomic E-state index is 11.5. The first-order valence-corrected chi connectivity index (χ1v) is 7.53. The molecule has 0 atom stereocenters. The monoisotopic (exact) mass is 327 g/mol. The zero-order valence-electron chi connectivity index (χ0n) is 14.2. The van der Waals surface area contributed by atoms with Gasteiger partial charge in [-0.25, -0.2) is 9.78 Å². The lowest BCUT2D eigenvalue weighted by Crippen LogP contribution is -2.11. The van der Waals surface area contributed by atoms with E-state index in [4.69, 9.17) is 9.47 Å². The highest BCUT2D eigenvalue weighted by atomic mass is 16.5. The molecule has 5 nitrogen and oxygen atoms in total. The number of ether oxygens (including phenoxy) is 2. The standard InChI is InChI=1S/C19H21NO4/c1-19(2,3)13-9-10-20-17(11-13)24-16-8-6-5-7-14(16)15(12-23-4)18(21)22/h5-12H,1-4H3,(H,21,22)/b15-12+. The van der Waals surface area contributed by atoms with Crippen molar-refractivity contribution in [2.24, 2.45) is 0 Å². The first-order chi connectivity index (χ1) is 11.3. The largest absolute Gasteiger partial charge is 0.503 e. The molecule has 0 unspecified atom stereocenters. The van der Waals surface area contributed by atoms with Crippen LogP contribution < -0.4 is 4.74 Å². The third kappa shape index (κ3) is 4.13. The van der Waals surface area contributed by atoms with E-state index in [2.05, 4.69) is 25.8 Å². The summed E-state index contributed by atoms with van der Waals surface area (Å²) >= 11 is 0. The summed E-state index contributed by atoms with van der Waals surface area (Å²) in [6.45, 7) is 6.30. The van der Waals surface area contributed by atoms with Gasteiger partial charge in [-0.15, -0.1) is 0 Å². The topological polar surface area (TPSA) is 68.7 Å². The van der Waals surface area contributed by atoms with Crippen molar-refractivity contribution in [3.05, 3.63) is 60.0 Å². The summed E-state index contributed by atoms with van der Waals surface area (Å²) in [5.74, 6) is -0.275. The number of carbonyl (C=O) groups is 1. The Morgan fingerprint density at radius 1 is 1.21 bits per heavy atom. The van der Waals surface area contributed by atoms with Crippen molar-refractivity contribution in [3.63, 3.8) is 0 Å². The van der Waals surface area contributed by atoms with E-state index in [0.717, 1.165) is 5.56 Å². The van der Waals surface area contributed by atoms with Gasteiger partial charge in [0.2, 0.25) is 5.88 Å². The number of methoxy groups -OCH3 is 1. The van der Waals surface area contributed by atoms with Gasteiger partial charge in [-0.3, -0.25) is 0 Å². The van der Waals surface area contributed by atoms with Gasteiger partial charge in [0, 0.05) is 17.8 Å². The Labute approximate surface area is 141 Å². The fraction of sp³-hybridized carbons (Fsp3) is 0.263. The normalized spacial score (nSPS) is 11.9. The summed E-state index contributed by atoms with van der Waals surface area (Å²) in [5.41, 5.74) is 1.48. The van der Waals surface area contributed by atoms with Gasteiger partial charge in [-0.05, 0) is 23.1 Å². The number of pyridine rings is 1. The van der Waals surface area contributed by atoms with Crippen molar-refractivity contribution in [1.29, 1.82) is 0 Å². The molecular formula is C19H21NO4. The van der Waals surface area contributed by atoms with Crippen molar-refractivity contribution >= 4 is 11.5 Å². The Kier molecular flexibility index (Phi) is 5.24. The summed E-state index contributed by atoms with van der Waals surface area (Å²) in [6, 6.07) is 10.7. The van der Waals surface area contributed by atoms with E-state index >= 15 is 0 Å². The number of benzene rings is 1. The fourth-order valence-electron chi connectivity index (χ4n) is 2.17. The van der Waals surface area contributed by atoms with Crippen LogP contribution in [0.15, 0.2) is 48.9 Å². The Hall–Kier alpha value is -2.82. The molecule has 0 bridgehead atoms. The molecule has 0 fully saturated rings. The minimum Gasteiger partial charge on any atom is -0.503 e. The summed E-state index contributed by atoms with van der Waals surface area (Å²) in [4.78, 5) is 15.7. The highest BCUT2D eigenvalue weighted by Gasteiger charge is 2.18. The maximum Gasteiger partial charge on any atom is 0.339 e. The smallest absolute Gasteiger partial charge is 0.339 e. The highest BCUT2D eigenvalue weighted by Crippen LogP contribution is 2.31. The van der Waals surface area contributed by atoms with Crippen molar-refractivity contribution in [3.8, 4) is 11.6 Å². The SMILES string of the molecule is CO/C=C(/C(=O)O)c1ccccc1Oc1cc(C(C)(C)C)ccn1. The van der Waals surface area contributed by atoms with E-state index in [1.165, 1.54) is 13.4 Å². The molecule has 2 aromatic rings. The molecule has 1 aromatic heterocycles. The Morgan fingerprint density at radius 3 is 2.54 bits per heavy atom. The lowest BCUT2D eigenvalue weighted by atomic mass is 9.88. The van der Waals surface area contributed by atoms with Crippen LogP contribution in [0, 0.1) is 0 Å². The van der Waals surface area contributed by atoms with E-state index in [0.29, 0.717) is 17.2 Å². The Bertz CT molecular complexity index is 760. The number of carboxylic acid groups (broad SMARTS) is 1. The van der Waals surface area contributed by atoms with Crippen LogP contribution >= 0.6 is 0 Å². The number of hydrogen-bond acceptors (Lipinski definition) is 4. The molecule has 0 aliphatic rings. The van der Waals surface area contributed by atoms with Gasteiger partial charge in [-0.1, -0.05) is 39.0 Å². The average Bonchev–Trinajstić information content (AvgIpc) is 2.53. The van der Waals surface area contributed by atoms with Crippen LogP contribution in [-0.2, 0) is 14.9 Å². The molecule has 0 aliphatic heterocycles.